The van der Waals surface area contributed by atoms with Crippen LogP contribution in [0.2, 0.25) is 0 Å². The minimum atomic E-state index is -0.332. The molecule has 4 rings (SSSR count). The van der Waals surface area contributed by atoms with E-state index in [1.165, 1.54) is 0 Å². The first-order valence-corrected chi connectivity index (χ1v) is 7.95. The summed E-state index contributed by atoms with van der Waals surface area (Å²) in [5.41, 5.74) is 2.22. The number of hydrogen-bond donors (Lipinski definition) is 1. The van der Waals surface area contributed by atoms with Crippen LogP contribution in [0.5, 0.6) is 11.5 Å². The van der Waals surface area contributed by atoms with Gasteiger partial charge in [0, 0.05) is 36.9 Å². The number of pyridine rings is 1. The van der Waals surface area contributed by atoms with Gasteiger partial charge in [-0.3, -0.25) is 9.78 Å². The molecule has 0 bridgehead atoms. The molecule has 0 spiro atoms. The van der Waals surface area contributed by atoms with E-state index < -0.39 is 0 Å². The highest BCUT2D eigenvalue weighted by Crippen LogP contribution is 2.34. The van der Waals surface area contributed by atoms with Crippen molar-refractivity contribution in [3.05, 3.63) is 71.8 Å². The summed E-state index contributed by atoms with van der Waals surface area (Å²) in [5.74, 6) is 0.934. The third kappa shape index (κ3) is 2.84. The summed E-state index contributed by atoms with van der Waals surface area (Å²) in [5, 5.41) is 12.2. The molecule has 1 amide bonds. The van der Waals surface area contributed by atoms with Crippen molar-refractivity contribution in [3.63, 3.8) is 0 Å². The third-order valence-electron chi connectivity index (χ3n) is 4.06. The number of aromatic nitrogens is 2. The van der Waals surface area contributed by atoms with Crippen LogP contribution in [-0.2, 0) is 6.54 Å². The van der Waals surface area contributed by atoms with Gasteiger partial charge in [0.05, 0.1) is 5.56 Å². The number of nitrogens with zero attached hydrogens (tertiary/aromatic N) is 3. The Bertz CT molecular complexity index is 1010. The second-order valence-corrected chi connectivity index (χ2v) is 5.64. The molecule has 0 saturated heterocycles. The smallest absolute Gasteiger partial charge is 0.269 e. The maximum Gasteiger partial charge on any atom is 0.269 e. The minimum Gasteiger partial charge on any atom is -0.454 e. The van der Waals surface area contributed by atoms with Crippen LogP contribution in [-0.4, -0.2) is 22.3 Å². The summed E-state index contributed by atoms with van der Waals surface area (Å²) >= 11 is 0. The zero-order valence-corrected chi connectivity index (χ0v) is 13.7. The zero-order valence-electron chi connectivity index (χ0n) is 13.7. The van der Waals surface area contributed by atoms with Crippen LogP contribution in [0, 0.1) is 11.3 Å². The first-order chi connectivity index (χ1) is 12.8. The van der Waals surface area contributed by atoms with Gasteiger partial charge in [-0.15, -0.1) is 0 Å². The Morgan fingerprint density at radius 2 is 2.00 bits per heavy atom. The number of fused-ring (bicyclic) bond motifs is 1. The molecule has 0 saturated carbocycles. The molecule has 3 aromatic rings. The topological polar surface area (TPSA) is 89.2 Å². The maximum atomic E-state index is 12.7. The summed E-state index contributed by atoms with van der Waals surface area (Å²) in [6.45, 7) is 0.520. The average molecular weight is 346 g/mol. The molecular weight excluding hydrogens is 332 g/mol. The van der Waals surface area contributed by atoms with Gasteiger partial charge in [0.15, 0.2) is 11.5 Å². The molecule has 0 unspecified atom stereocenters. The quantitative estimate of drug-likeness (QED) is 0.783. The molecule has 7 nitrogen and oxygen atoms in total. The predicted octanol–water partition coefficient (Wildman–Crippen LogP) is 2.40. The lowest BCUT2D eigenvalue weighted by Crippen LogP contribution is -2.26. The fraction of sp³-hybridized carbons (Fsp3) is 0.105. The van der Waals surface area contributed by atoms with Gasteiger partial charge in [0.2, 0.25) is 6.79 Å². The van der Waals surface area contributed by atoms with Gasteiger partial charge >= 0.3 is 0 Å². The minimum absolute atomic E-state index is 0.174. The molecule has 0 fully saturated rings. The van der Waals surface area contributed by atoms with Crippen molar-refractivity contribution in [1.29, 1.82) is 5.26 Å². The Labute approximate surface area is 149 Å². The van der Waals surface area contributed by atoms with Crippen LogP contribution in [0.15, 0.2) is 55.0 Å². The SMILES string of the molecule is N#Cc1ccn(-c2ccc3c(c2)OCO3)c1C(=O)NCc1ccncc1. The standard InChI is InChI=1S/C19H14N4O3/c20-10-14-5-8-23(15-1-2-16-17(9-15)26-12-25-16)18(14)19(24)22-11-13-3-6-21-7-4-13/h1-9H,11-12H2,(H,22,24). The van der Waals surface area contributed by atoms with E-state index >= 15 is 0 Å². The fourth-order valence-electron chi connectivity index (χ4n) is 2.77. The van der Waals surface area contributed by atoms with E-state index in [9.17, 15) is 10.1 Å². The van der Waals surface area contributed by atoms with E-state index in [0.717, 1.165) is 5.56 Å². The number of amides is 1. The lowest BCUT2D eigenvalue weighted by Gasteiger charge is -2.11. The molecule has 3 heterocycles. The van der Waals surface area contributed by atoms with Crippen LogP contribution < -0.4 is 14.8 Å². The number of carbonyl (C=O) groups excluding carboxylic acids is 1. The molecule has 7 heteroatoms. The lowest BCUT2D eigenvalue weighted by atomic mass is 10.2. The lowest BCUT2D eigenvalue weighted by molar-refractivity contribution is 0.0944. The average Bonchev–Trinajstić information content (AvgIpc) is 3.32. The van der Waals surface area contributed by atoms with Crippen molar-refractivity contribution < 1.29 is 14.3 Å². The summed E-state index contributed by atoms with van der Waals surface area (Å²) in [6, 6.07) is 12.7. The van der Waals surface area contributed by atoms with Crippen molar-refractivity contribution in [2.45, 2.75) is 6.54 Å². The van der Waals surface area contributed by atoms with Crippen LogP contribution in [0.3, 0.4) is 0 Å². The Kier molecular flexibility index (Phi) is 4.00. The van der Waals surface area contributed by atoms with Gasteiger partial charge < -0.3 is 19.4 Å². The summed E-state index contributed by atoms with van der Waals surface area (Å²) in [7, 11) is 0. The zero-order chi connectivity index (χ0) is 17.9. The molecule has 1 aliphatic heterocycles. The van der Waals surface area contributed by atoms with Crippen LogP contribution in [0.4, 0.5) is 0 Å². The van der Waals surface area contributed by atoms with Crippen molar-refractivity contribution in [1.82, 2.24) is 14.9 Å². The number of ether oxygens (including phenoxy) is 2. The van der Waals surface area contributed by atoms with Gasteiger partial charge in [-0.05, 0) is 35.9 Å². The van der Waals surface area contributed by atoms with E-state index in [-0.39, 0.29) is 18.4 Å². The van der Waals surface area contributed by atoms with Crippen LogP contribution in [0.1, 0.15) is 21.6 Å². The normalized spacial score (nSPS) is 11.8. The number of hydrogen-bond acceptors (Lipinski definition) is 5. The highest BCUT2D eigenvalue weighted by Gasteiger charge is 2.20. The van der Waals surface area contributed by atoms with Crippen molar-refractivity contribution in [3.8, 4) is 23.3 Å². The van der Waals surface area contributed by atoms with E-state index in [1.54, 1.807) is 41.4 Å². The van der Waals surface area contributed by atoms with Crippen molar-refractivity contribution in [2.75, 3.05) is 6.79 Å². The molecule has 1 aromatic carbocycles. The monoisotopic (exact) mass is 346 g/mol. The van der Waals surface area contributed by atoms with Gasteiger partial charge in [0.1, 0.15) is 11.8 Å². The molecule has 1 N–H and O–H groups in total. The van der Waals surface area contributed by atoms with Crippen LogP contribution >= 0.6 is 0 Å². The van der Waals surface area contributed by atoms with Crippen molar-refractivity contribution >= 4 is 5.91 Å². The second kappa shape index (κ2) is 6.61. The summed E-state index contributed by atoms with van der Waals surface area (Å²) < 4.78 is 12.4. The summed E-state index contributed by atoms with van der Waals surface area (Å²) in [4.78, 5) is 16.7. The molecule has 0 aliphatic carbocycles. The second-order valence-electron chi connectivity index (χ2n) is 5.64. The van der Waals surface area contributed by atoms with Crippen LogP contribution in [0.25, 0.3) is 5.69 Å². The molecule has 0 atom stereocenters. The van der Waals surface area contributed by atoms with Crippen molar-refractivity contribution in [2.24, 2.45) is 0 Å². The first kappa shape index (κ1) is 15.7. The number of nitrogens with one attached hydrogen (secondary N) is 1. The largest absolute Gasteiger partial charge is 0.454 e. The van der Waals surface area contributed by atoms with Gasteiger partial charge in [-0.2, -0.15) is 5.26 Å². The highest BCUT2D eigenvalue weighted by atomic mass is 16.7. The number of carbonyl (C=O) groups is 1. The third-order valence-corrected chi connectivity index (χ3v) is 4.06. The van der Waals surface area contributed by atoms with E-state index in [1.807, 2.05) is 18.2 Å². The first-order valence-electron chi connectivity index (χ1n) is 7.95. The Balaban J connectivity index is 1.64. The summed E-state index contributed by atoms with van der Waals surface area (Å²) in [6.07, 6.45) is 5.02. The number of benzene rings is 1. The predicted molar refractivity (Wildman–Crippen MR) is 92.0 cm³/mol. The van der Waals surface area contributed by atoms with Gasteiger partial charge in [-0.1, -0.05) is 0 Å². The Morgan fingerprint density at radius 3 is 2.81 bits per heavy atom. The molecule has 0 radical (unpaired) electrons. The van der Waals surface area contributed by atoms with Gasteiger partial charge in [-0.25, -0.2) is 0 Å². The Hall–Kier alpha value is -3.79. The fourth-order valence-corrected chi connectivity index (χ4v) is 2.77. The molecule has 26 heavy (non-hydrogen) atoms. The molecule has 128 valence electrons. The van der Waals surface area contributed by atoms with E-state index in [0.29, 0.717) is 29.3 Å². The Morgan fingerprint density at radius 1 is 1.19 bits per heavy atom. The highest BCUT2D eigenvalue weighted by molar-refractivity contribution is 5.95. The van der Waals surface area contributed by atoms with Gasteiger partial charge in [0.25, 0.3) is 5.91 Å². The molecule has 2 aromatic heterocycles. The van der Waals surface area contributed by atoms with E-state index in [4.69, 9.17) is 9.47 Å². The maximum absolute atomic E-state index is 12.7. The number of rotatable bonds is 4. The van der Waals surface area contributed by atoms with E-state index in [2.05, 4.69) is 16.4 Å². The molecular formula is C19H14N4O3. The number of nitriles is 1. The molecule has 1 aliphatic rings.